The number of nitrogens with one attached hydrogen (secondary N) is 1. The van der Waals surface area contributed by atoms with E-state index in [0.717, 1.165) is 29.7 Å². The van der Waals surface area contributed by atoms with E-state index < -0.39 is 17.9 Å². The van der Waals surface area contributed by atoms with Gasteiger partial charge in [-0.1, -0.05) is 6.42 Å². The molecule has 3 aliphatic rings. The van der Waals surface area contributed by atoms with Gasteiger partial charge in [0.15, 0.2) is 5.78 Å². The number of carbonyl (C=O) groups excluding carboxylic acids is 4. The van der Waals surface area contributed by atoms with Gasteiger partial charge in [0.1, 0.15) is 16.7 Å². The molecule has 1 fully saturated rings. The molecule has 166 valence electrons. The lowest BCUT2D eigenvalue weighted by Crippen LogP contribution is -2.39. The molecule has 10 heteroatoms. The van der Waals surface area contributed by atoms with E-state index in [-0.39, 0.29) is 47.1 Å². The number of hydrogen-bond donors (Lipinski definition) is 2. The lowest BCUT2D eigenvalue weighted by molar-refractivity contribution is -0.129. The van der Waals surface area contributed by atoms with Crippen molar-refractivity contribution in [1.29, 1.82) is 0 Å². The zero-order valence-electron chi connectivity index (χ0n) is 17.3. The molecule has 0 aromatic carbocycles. The highest BCUT2D eigenvalue weighted by Gasteiger charge is 2.39. The lowest BCUT2D eigenvalue weighted by atomic mass is 9.80. The highest BCUT2D eigenvalue weighted by Crippen LogP contribution is 2.38. The van der Waals surface area contributed by atoms with Crippen LogP contribution in [0.15, 0.2) is 11.8 Å². The van der Waals surface area contributed by atoms with Crippen molar-refractivity contribution in [2.75, 3.05) is 18.5 Å². The van der Waals surface area contributed by atoms with Gasteiger partial charge in [-0.25, -0.2) is 4.79 Å². The van der Waals surface area contributed by atoms with Crippen molar-refractivity contribution in [3.05, 3.63) is 27.8 Å². The second-order valence-corrected chi connectivity index (χ2v) is 8.96. The van der Waals surface area contributed by atoms with Gasteiger partial charge >= 0.3 is 6.09 Å². The maximum Gasteiger partial charge on any atom is 0.410 e. The molecule has 9 nitrogen and oxygen atoms in total. The van der Waals surface area contributed by atoms with Gasteiger partial charge < -0.3 is 25.4 Å². The molecule has 2 unspecified atom stereocenters. The maximum atomic E-state index is 12.9. The van der Waals surface area contributed by atoms with Crippen LogP contribution in [0.4, 0.5) is 9.80 Å². The molecule has 1 aromatic heterocycles. The van der Waals surface area contributed by atoms with E-state index in [1.807, 2.05) is 0 Å². The molecule has 2 atom stereocenters. The zero-order valence-corrected chi connectivity index (χ0v) is 18.1. The summed E-state index contributed by atoms with van der Waals surface area (Å²) in [6, 6.07) is 0. The molecule has 1 aromatic rings. The number of anilines is 1. The van der Waals surface area contributed by atoms with Gasteiger partial charge in [-0.05, 0) is 38.2 Å². The molecule has 0 bridgehead atoms. The fraction of sp³-hybridized carbons (Fsp3) is 0.524. The molecular formula is C21H25N3O6S. The number of nitrogens with two attached hydrogens (primary N) is 1. The molecule has 3 amide bonds. The van der Waals surface area contributed by atoms with Crippen molar-refractivity contribution in [3.8, 4) is 0 Å². The van der Waals surface area contributed by atoms with E-state index in [0.29, 0.717) is 19.4 Å². The number of ether oxygens (including phenoxy) is 2. The Morgan fingerprint density at radius 1 is 1.32 bits per heavy atom. The summed E-state index contributed by atoms with van der Waals surface area (Å²) in [7, 11) is 0. The van der Waals surface area contributed by atoms with Crippen LogP contribution in [-0.2, 0) is 32.0 Å². The molecule has 4 rings (SSSR count). The number of thiophene rings is 1. The van der Waals surface area contributed by atoms with Crippen LogP contribution in [0.1, 0.15) is 53.4 Å². The number of amides is 3. The first-order valence-corrected chi connectivity index (χ1v) is 11.3. The largest absolute Gasteiger partial charge is 0.496 e. The standard InChI is InChI=1S/C21H25N3O6S/c1-2-29-21(28)24-8-7-12-15(9-24)31-20(16(12)18(22)26)23-19(27)13-10-30-14-6-4-3-5-11(14)17(13)25/h10-11,14H,2-9H2,1H3,(H2,22,26)(H,23,27). The van der Waals surface area contributed by atoms with Crippen molar-refractivity contribution < 1.29 is 28.7 Å². The Kier molecular flexibility index (Phi) is 5.99. The Bertz CT molecular complexity index is 969. The Balaban J connectivity index is 1.55. The van der Waals surface area contributed by atoms with Gasteiger partial charge in [-0.15, -0.1) is 11.3 Å². The minimum Gasteiger partial charge on any atom is -0.496 e. The smallest absolute Gasteiger partial charge is 0.410 e. The van der Waals surface area contributed by atoms with E-state index in [1.54, 1.807) is 11.8 Å². The van der Waals surface area contributed by atoms with Crippen LogP contribution >= 0.6 is 11.3 Å². The average Bonchev–Trinajstić information content (AvgIpc) is 3.11. The maximum absolute atomic E-state index is 12.9. The first-order chi connectivity index (χ1) is 14.9. The summed E-state index contributed by atoms with van der Waals surface area (Å²) in [6.45, 7) is 2.66. The molecular weight excluding hydrogens is 422 g/mol. The van der Waals surface area contributed by atoms with Crippen molar-refractivity contribution in [3.63, 3.8) is 0 Å². The third-order valence-electron chi connectivity index (χ3n) is 5.97. The normalized spacial score (nSPS) is 22.5. The van der Waals surface area contributed by atoms with Crippen molar-refractivity contribution in [2.24, 2.45) is 11.7 Å². The van der Waals surface area contributed by atoms with Crippen LogP contribution in [-0.4, -0.2) is 47.8 Å². The number of primary amides is 1. The topological polar surface area (TPSA) is 128 Å². The third kappa shape index (κ3) is 4.04. The molecule has 3 N–H and O–H groups in total. The monoisotopic (exact) mass is 447 g/mol. The minimum absolute atomic E-state index is 0.0434. The fourth-order valence-corrected chi connectivity index (χ4v) is 5.70. The molecule has 0 spiro atoms. The summed E-state index contributed by atoms with van der Waals surface area (Å²) in [5.41, 5.74) is 6.51. The van der Waals surface area contributed by atoms with Crippen molar-refractivity contribution in [2.45, 2.75) is 51.7 Å². The Hall–Kier alpha value is -2.88. The SMILES string of the molecule is CCOC(=O)N1CCc2c(sc(NC(=O)C3=COC4CCCCC4C3=O)c2C(N)=O)C1. The summed E-state index contributed by atoms with van der Waals surface area (Å²) < 4.78 is 10.7. The van der Waals surface area contributed by atoms with Crippen molar-refractivity contribution in [1.82, 2.24) is 4.90 Å². The van der Waals surface area contributed by atoms with E-state index >= 15 is 0 Å². The Labute approximate surface area is 183 Å². The molecule has 1 saturated carbocycles. The Morgan fingerprint density at radius 3 is 2.84 bits per heavy atom. The number of ketones is 1. The minimum atomic E-state index is -0.662. The summed E-state index contributed by atoms with van der Waals surface area (Å²) in [6.07, 6.45) is 4.53. The number of nitrogens with zero attached hydrogens (tertiary/aromatic N) is 1. The highest BCUT2D eigenvalue weighted by atomic mass is 32.1. The van der Waals surface area contributed by atoms with Crippen LogP contribution in [0, 0.1) is 5.92 Å². The van der Waals surface area contributed by atoms with Crippen molar-refractivity contribution >= 4 is 40.0 Å². The molecule has 1 aliphatic carbocycles. The number of hydrogen-bond acceptors (Lipinski definition) is 7. The summed E-state index contributed by atoms with van der Waals surface area (Å²) in [5, 5.41) is 2.97. The van der Waals surface area contributed by atoms with Gasteiger partial charge in [0.05, 0.1) is 30.9 Å². The number of fused-ring (bicyclic) bond motifs is 2. The van der Waals surface area contributed by atoms with Crippen LogP contribution in [0.5, 0.6) is 0 Å². The molecule has 3 heterocycles. The quantitative estimate of drug-likeness (QED) is 0.682. The second-order valence-electron chi connectivity index (χ2n) is 7.86. The highest BCUT2D eigenvalue weighted by molar-refractivity contribution is 7.17. The molecule has 2 aliphatic heterocycles. The fourth-order valence-electron chi connectivity index (χ4n) is 4.43. The van der Waals surface area contributed by atoms with Crippen LogP contribution in [0.25, 0.3) is 0 Å². The third-order valence-corrected chi connectivity index (χ3v) is 7.10. The lowest BCUT2D eigenvalue weighted by Gasteiger charge is -2.33. The van der Waals surface area contributed by atoms with Gasteiger partial charge in [0.2, 0.25) is 0 Å². The average molecular weight is 448 g/mol. The molecule has 0 saturated heterocycles. The van der Waals surface area contributed by atoms with Gasteiger partial charge in [-0.2, -0.15) is 0 Å². The van der Waals surface area contributed by atoms with Crippen LogP contribution in [0.3, 0.4) is 0 Å². The molecule has 31 heavy (non-hydrogen) atoms. The van der Waals surface area contributed by atoms with E-state index in [4.69, 9.17) is 15.2 Å². The predicted molar refractivity (Wildman–Crippen MR) is 113 cm³/mol. The van der Waals surface area contributed by atoms with Crippen LogP contribution in [0.2, 0.25) is 0 Å². The molecule has 0 radical (unpaired) electrons. The van der Waals surface area contributed by atoms with E-state index in [1.165, 1.54) is 17.6 Å². The predicted octanol–water partition coefficient (Wildman–Crippen LogP) is 2.34. The number of Topliss-reactive ketones (excluding diaryl/α,β-unsaturated/α-hetero) is 1. The second kappa shape index (κ2) is 8.70. The number of rotatable bonds is 4. The van der Waals surface area contributed by atoms with Gasteiger partial charge in [0.25, 0.3) is 11.8 Å². The van der Waals surface area contributed by atoms with E-state index in [9.17, 15) is 19.2 Å². The summed E-state index contributed by atoms with van der Waals surface area (Å²) in [5.74, 6) is -1.80. The van der Waals surface area contributed by atoms with E-state index in [2.05, 4.69) is 5.32 Å². The summed E-state index contributed by atoms with van der Waals surface area (Å²) in [4.78, 5) is 52.2. The van der Waals surface area contributed by atoms with Gasteiger partial charge in [0, 0.05) is 11.4 Å². The zero-order chi connectivity index (χ0) is 22.1. The van der Waals surface area contributed by atoms with Crippen LogP contribution < -0.4 is 11.1 Å². The number of carbonyl (C=O) groups is 4. The first kappa shape index (κ1) is 21.4. The first-order valence-electron chi connectivity index (χ1n) is 10.5. The Morgan fingerprint density at radius 2 is 2.10 bits per heavy atom. The van der Waals surface area contributed by atoms with Gasteiger partial charge in [-0.3, -0.25) is 14.4 Å². The summed E-state index contributed by atoms with van der Waals surface area (Å²) >= 11 is 1.18.